The standard InChI is InChI=1S/C17H28O3/c1-13-6-8-16(3)14(15(13,2)9-10-18)5-4-7-17(16)19-11-12-20-17/h14,18H,1,4-12H2,2-3H3/t14-,15+,16-/m1/s1. The Morgan fingerprint density at radius 1 is 1.25 bits per heavy atom. The first-order valence-electron chi connectivity index (χ1n) is 8.06. The average Bonchev–Trinajstić information content (AvgIpc) is 2.88. The van der Waals surface area contributed by atoms with E-state index in [1.54, 1.807) is 0 Å². The van der Waals surface area contributed by atoms with Crippen molar-refractivity contribution in [1.29, 1.82) is 0 Å². The fourth-order valence-corrected chi connectivity index (χ4v) is 5.25. The van der Waals surface area contributed by atoms with E-state index in [-0.39, 0.29) is 23.2 Å². The normalized spacial score (nSPS) is 43.8. The van der Waals surface area contributed by atoms with Crippen LogP contribution in [0.4, 0.5) is 0 Å². The fraction of sp³-hybridized carbons (Fsp3) is 0.882. The summed E-state index contributed by atoms with van der Waals surface area (Å²) in [5.41, 5.74) is 1.38. The van der Waals surface area contributed by atoms with Crippen LogP contribution >= 0.6 is 0 Å². The van der Waals surface area contributed by atoms with Gasteiger partial charge in [-0.15, -0.1) is 0 Å². The molecule has 1 aliphatic heterocycles. The zero-order valence-electron chi connectivity index (χ0n) is 12.9. The average molecular weight is 280 g/mol. The topological polar surface area (TPSA) is 38.7 Å². The SMILES string of the molecule is C=C1CC[C@]2(C)[C@H](CCCC23OCCO3)[C@@]1(C)CCO. The molecule has 3 aliphatic rings. The maximum absolute atomic E-state index is 9.53. The summed E-state index contributed by atoms with van der Waals surface area (Å²) >= 11 is 0. The van der Waals surface area contributed by atoms with Crippen LogP contribution in [0.5, 0.6) is 0 Å². The molecule has 3 nitrogen and oxygen atoms in total. The molecule has 3 heteroatoms. The predicted molar refractivity (Wildman–Crippen MR) is 78.3 cm³/mol. The summed E-state index contributed by atoms with van der Waals surface area (Å²) in [6.07, 6.45) is 6.29. The van der Waals surface area contributed by atoms with Crippen molar-refractivity contribution in [2.45, 2.75) is 58.2 Å². The van der Waals surface area contributed by atoms with Crippen LogP contribution in [-0.4, -0.2) is 30.7 Å². The Morgan fingerprint density at radius 2 is 1.95 bits per heavy atom. The first-order chi connectivity index (χ1) is 9.48. The first kappa shape index (κ1) is 14.6. The first-order valence-corrected chi connectivity index (χ1v) is 8.06. The van der Waals surface area contributed by atoms with Gasteiger partial charge in [0, 0.05) is 18.4 Å². The Bertz CT molecular complexity index is 399. The van der Waals surface area contributed by atoms with Gasteiger partial charge in [-0.2, -0.15) is 0 Å². The second-order valence-corrected chi connectivity index (χ2v) is 7.31. The molecule has 1 saturated heterocycles. The molecular formula is C17H28O3. The summed E-state index contributed by atoms with van der Waals surface area (Å²) in [7, 11) is 0. The Kier molecular flexibility index (Phi) is 3.51. The zero-order valence-corrected chi connectivity index (χ0v) is 12.9. The maximum Gasteiger partial charge on any atom is 0.174 e. The van der Waals surface area contributed by atoms with Gasteiger partial charge in [0.05, 0.1) is 13.2 Å². The second-order valence-electron chi connectivity index (χ2n) is 7.31. The van der Waals surface area contributed by atoms with Crippen molar-refractivity contribution < 1.29 is 14.6 Å². The van der Waals surface area contributed by atoms with E-state index < -0.39 is 0 Å². The zero-order chi connectivity index (χ0) is 14.4. The third kappa shape index (κ3) is 1.76. The number of allylic oxidation sites excluding steroid dienone is 1. The number of aliphatic hydroxyl groups excluding tert-OH is 1. The second kappa shape index (κ2) is 4.82. The molecule has 0 radical (unpaired) electrons. The molecule has 114 valence electrons. The lowest BCUT2D eigenvalue weighted by molar-refractivity contribution is -0.286. The van der Waals surface area contributed by atoms with Gasteiger partial charge in [0.25, 0.3) is 0 Å². The summed E-state index contributed by atoms with van der Waals surface area (Å²) in [5.74, 6) is 0.114. The van der Waals surface area contributed by atoms with E-state index in [0.717, 1.165) is 45.3 Å². The van der Waals surface area contributed by atoms with Crippen molar-refractivity contribution in [3.63, 3.8) is 0 Å². The van der Waals surface area contributed by atoms with E-state index in [0.29, 0.717) is 5.92 Å². The lowest BCUT2D eigenvalue weighted by atomic mass is 9.47. The monoisotopic (exact) mass is 280 g/mol. The smallest absolute Gasteiger partial charge is 0.174 e. The Hall–Kier alpha value is -0.380. The quantitative estimate of drug-likeness (QED) is 0.789. The number of hydrogen-bond acceptors (Lipinski definition) is 3. The van der Waals surface area contributed by atoms with Crippen molar-refractivity contribution in [2.75, 3.05) is 19.8 Å². The van der Waals surface area contributed by atoms with Crippen LogP contribution in [0.2, 0.25) is 0 Å². The van der Waals surface area contributed by atoms with Gasteiger partial charge in [-0.1, -0.05) is 26.0 Å². The third-order valence-corrected chi connectivity index (χ3v) is 6.55. The minimum Gasteiger partial charge on any atom is -0.396 e. The molecule has 3 rings (SSSR count). The Balaban J connectivity index is 2.00. The Labute approximate surface area is 122 Å². The van der Waals surface area contributed by atoms with Gasteiger partial charge in [0.15, 0.2) is 5.79 Å². The molecule has 3 fully saturated rings. The van der Waals surface area contributed by atoms with Gasteiger partial charge in [-0.25, -0.2) is 0 Å². The summed E-state index contributed by atoms with van der Waals surface area (Å²) < 4.78 is 12.3. The van der Waals surface area contributed by atoms with E-state index in [2.05, 4.69) is 20.4 Å². The minimum atomic E-state index is -0.382. The molecule has 1 spiro atoms. The highest BCUT2D eigenvalue weighted by Crippen LogP contribution is 2.65. The van der Waals surface area contributed by atoms with Crippen LogP contribution in [0.15, 0.2) is 12.2 Å². The number of rotatable bonds is 2. The molecule has 2 saturated carbocycles. The van der Waals surface area contributed by atoms with Crippen molar-refractivity contribution >= 4 is 0 Å². The van der Waals surface area contributed by atoms with Crippen LogP contribution in [0.25, 0.3) is 0 Å². The highest BCUT2D eigenvalue weighted by Gasteiger charge is 2.63. The van der Waals surface area contributed by atoms with Crippen LogP contribution in [0.1, 0.15) is 52.4 Å². The van der Waals surface area contributed by atoms with Crippen molar-refractivity contribution in [1.82, 2.24) is 0 Å². The van der Waals surface area contributed by atoms with Gasteiger partial charge in [-0.3, -0.25) is 0 Å². The van der Waals surface area contributed by atoms with E-state index in [1.807, 2.05) is 0 Å². The van der Waals surface area contributed by atoms with Gasteiger partial charge < -0.3 is 14.6 Å². The molecule has 1 heterocycles. The lowest BCUT2D eigenvalue weighted by Gasteiger charge is -2.61. The van der Waals surface area contributed by atoms with E-state index >= 15 is 0 Å². The molecular weight excluding hydrogens is 252 g/mol. The molecule has 0 unspecified atom stereocenters. The number of ether oxygens (including phenoxy) is 2. The highest BCUT2D eigenvalue weighted by atomic mass is 16.7. The van der Waals surface area contributed by atoms with Crippen LogP contribution < -0.4 is 0 Å². The predicted octanol–water partition coefficient (Wildman–Crippen LogP) is 3.27. The van der Waals surface area contributed by atoms with Crippen LogP contribution in [0, 0.1) is 16.7 Å². The molecule has 2 aliphatic carbocycles. The Morgan fingerprint density at radius 3 is 2.60 bits per heavy atom. The summed E-state index contributed by atoms with van der Waals surface area (Å²) in [6.45, 7) is 10.7. The van der Waals surface area contributed by atoms with Crippen molar-refractivity contribution in [2.24, 2.45) is 16.7 Å². The molecule has 0 bridgehead atoms. The molecule has 20 heavy (non-hydrogen) atoms. The van der Waals surface area contributed by atoms with E-state index in [1.165, 1.54) is 12.0 Å². The lowest BCUT2D eigenvalue weighted by Crippen LogP contribution is -2.60. The fourth-order valence-electron chi connectivity index (χ4n) is 5.25. The summed E-state index contributed by atoms with van der Waals surface area (Å²) in [6, 6.07) is 0. The maximum atomic E-state index is 9.53. The van der Waals surface area contributed by atoms with Crippen molar-refractivity contribution in [3.05, 3.63) is 12.2 Å². The number of hydrogen-bond donors (Lipinski definition) is 1. The largest absolute Gasteiger partial charge is 0.396 e. The van der Waals surface area contributed by atoms with Crippen LogP contribution in [0.3, 0.4) is 0 Å². The molecule has 0 aromatic rings. The van der Waals surface area contributed by atoms with Crippen molar-refractivity contribution in [3.8, 4) is 0 Å². The van der Waals surface area contributed by atoms with E-state index in [4.69, 9.17) is 9.47 Å². The molecule has 0 amide bonds. The highest BCUT2D eigenvalue weighted by molar-refractivity contribution is 5.21. The number of fused-ring (bicyclic) bond motifs is 2. The third-order valence-electron chi connectivity index (χ3n) is 6.55. The summed E-state index contributed by atoms with van der Waals surface area (Å²) in [4.78, 5) is 0. The van der Waals surface area contributed by atoms with Crippen LogP contribution in [-0.2, 0) is 9.47 Å². The van der Waals surface area contributed by atoms with Gasteiger partial charge >= 0.3 is 0 Å². The minimum absolute atomic E-state index is 0.0183. The van der Waals surface area contributed by atoms with E-state index in [9.17, 15) is 5.11 Å². The molecule has 3 atom stereocenters. The molecule has 0 aromatic heterocycles. The number of aliphatic hydroxyl groups is 1. The molecule has 0 aromatic carbocycles. The van der Waals surface area contributed by atoms with Gasteiger partial charge in [0.1, 0.15) is 0 Å². The molecule has 1 N–H and O–H groups in total. The van der Waals surface area contributed by atoms with Gasteiger partial charge in [-0.05, 0) is 43.4 Å². The van der Waals surface area contributed by atoms with Gasteiger partial charge in [0.2, 0.25) is 0 Å². The summed E-state index contributed by atoms with van der Waals surface area (Å²) in [5, 5.41) is 9.53.